The van der Waals surface area contributed by atoms with E-state index in [1.165, 1.54) is 7.11 Å². The molecule has 0 heterocycles. The zero-order valence-corrected chi connectivity index (χ0v) is 11.6. The first-order chi connectivity index (χ1) is 9.49. The Hall–Kier alpha value is -2.55. The number of anilines is 1. The summed E-state index contributed by atoms with van der Waals surface area (Å²) >= 11 is 0. The van der Waals surface area contributed by atoms with Crippen LogP contribution in [0.3, 0.4) is 0 Å². The molecule has 0 radical (unpaired) electrons. The largest absolute Gasteiger partial charge is 0.488 e. The molecule has 0 aliphatic heterocycles. The number of rotatable bonds is 5. The van der Waals surface area contributed by atoms with Crippen molar-refractivity contribution in [1.29, 1.82) is 5.26 Å². The standard InChI is InChI=1S/C14H16N2O4/c1-9(2)20-13-10(14(18)19-3)5-4-6-11(13)16-12(17)7-8-15/h4-6,9H,7H2,1-3H3,(H,16,17). The van der Waals surface area contributed by atoms with Crippen LogP contribution in [0.2, 0.25) is 0 Å². The number of benzene rings is 1. The summed E-state index contributed by atoms with van der Waals surface area (Å²) in [7, 11) is 1.27. The minimum Gasteiger partial charge on any atom is -0.488 e. The number of methoxy groups -OCH3 is 1. The van der Waals surface area contributed by atoms with Gasteiger partial charge in [-0.05, 0) is 26.0 Å². The van der Waals surface area contributed by atoms with Crippen LogP contribution in [0.15, 0.2) is 18.2 Å². The first-order valence-electron chi connectivity index (χ1n) is 6.04. The second-order valence-electron chi connectivity index (χ2n) is 4.22. The number of ether oxygens (including phenoxy) is 2. The van der Waals surface area contributed by atoms with Gasteiger partial charge in [0.2, 0.25) is 5.91 Å². The van der Waals surface area contributed by atoms with Gasteiger partial charge in [-0.25, -0.2) is 4.79 Å². The van der Waals surface area contributed by atoms with Crippen LogP contribution in [0.25, 0.3) is 0 Å². The van der Waals surface area contributed by atoms with Crippen molar-refractivity contribution in [3.63, 3.8) is 0 Å². The molecule has 0 aliphatic rings. The smallest absolute Gasteiger partial charge is 0.341 e. The van der Waals surface area contributed by atoms with Gasteiger partial charge in [0.15, 0.2) is 5.75 Å². The van der Waals surface area contributed by atoms with Crippen LogP contribution in [-0.2, 0) is 9.53 Å². The highest BCUT2D eigenvalue weighted by molar-refractivity contribution is 5.99. The Labute approximate surface area is 117 Å². The zero-order chi connectivity index (χ0) is 15.1. The van der Waals surface area contributed by atoms with E-state index in [-0.39, 0.29) is 23.8 Å². The summed E-state index contributed by atoms with van der Waals surface area (Å²) in [4.78, 5) is 23.2. The monoisotopic (exact) mass is 276 g/mol. The highest BCUT2D eigenvalue weighted by Gasteiger charge is 2.19. The summed E-state index contributed by atoms with van der Waals surface area (Å²) in [5, 5.41) is 11.0. The lowest BCUT2D eigenvalue weighted by Crippen LogP contribution is -2.16. The summed E-state index contributed by atoms with van der Waals surface area (Å²) in [6.07, 6.45) is -0.462. The fourth-order valence-corrected chi connectivity index (χ4v) is 1.54. The maximum absolute atomic E-state index is 11.7. The van der Waals surface area contributed by atoms with Gasteiger partial charge >= 0.3 is 5.97 Å². The molecule has 6 nitrogen and oxygen atoms in total. The average molecular weight is 276 g/mol. The van der Waals surface area contributed by atoms with Crippen LogP contribution >= 0.6 is 0 Å². The zero-order valence-electron chi connectivity index (χ0n) is 11.6. The lowest BCUT2D eigenvalue weighted by molar-refractivity contribution is -0.115. The molecule has 0 saturated heterocycles. The minimum absolute atomic E-state index is 0.188. The van der Waals surface area contributed by atoms with Crippen molar-refractivity contribution in [3.8, 4) is 11.8 Å². The SMILES string of the molecule is COC(=O)c1cccc(NC(=O)CC#N)c1OC(C)C. The van der Waals surface area contributed by atoms with Gasteiger partial charge in [0.25, 0.3) is 0 Å². The van der Waals surface area contributed by atoms with Crippen LogP contribution in [0, 0.1) is 11.3 Å². The summed E-state index contributed by atoms with van der Waals surface area (Å²) in [6.45, 7) is 3.60. The molecule has 0 spiro atoms. The molecule has 1 aromatic carbocycles. The van der Waals surface area contributed by atoms with Crippen molar-refractivity contribution in [1.82, 2.24) is 0 Å². The van der Waals surface area contributed by atoms with Crippen LogP contribution in [-0.4, -0.2) is 25.1 Å². The number of carbonyl (C=O) groups excluding carboxylic acids is 2. The Balaban J connectivity index is 3.18. The number of carbonyl (C=O) groups is 2. The Morgan fingerprint density at radius 3 is 2.65 bits per heavy atom. The molecule has 106 valence electrons. The van der Waals surface area contributed by atoms with Crippen molar-refractivity contribution in [3.05, 3.63) is 23.8 Å². The fourth-order valence-electron chi connectivity index (χ4n) is 1.54. The molecule has 1 N–H and O–H groups in total. The van der Waals surface area contributed by atoms with Gasteiger partial charge in [0, 0.05) is 0 Å². The van der Waals surface area contributed by atoms with Gasteiger partial charge in [0.05, 0.1) is 25.0 Å². The van der Waals surface area contributed by atoms with Gasteiger partial charge in [-0.2, -0.15) is 5.26 Å². The maximum Gasteiger partial charge on any atom is 0.341 e. The van der Waals surface area contributed by atoms with E-state index in [1.54, 1.807) is 38.1 Å². The normalized spacial score (nSPS) is 9.75. The van der Waals surface area contributed by atoms with E-state index in [2.05, 4.69) is 10.1 Å². The van der Waals surface area contributed by atoms with Crippen LogP contribution in [0.1, 0.15) is 30.6 Å². The number of nitriles is 1. The molecular formula is C14H16N2O4. The Morgan fingerprint density at radius 2 is 2.10 bits per heavy atom. The van der Waals surface area contributed by atoms with Gasteiger partial charge in [-0.1, -0.05) is 6.07 Å². The van der Waals surface area contributed by atoms with Crippen molar-refractivity contribution in [2.45, 2.75) is 26.4 Å². The number of para-hydroxylation sites is 1. The van der Waals surface area contributed by atoms with E-state index < -0.39 is 11.9 Å². The summed E-state index contributed by atoms with van der Waals surface area (Å²) in [5.41, 5.74) is 0.554. The minimum atomic E-state index is -0.558. The molecule has 6 heteroatoms. The quantitative estimate of drug-likeness (QED) is 0.832. The van der Waals surface area contributed by atoms with Gasteiger partial charge in [-0.15, -0.1) is 0 Å². The summed E-state index contributed by atoms with van der Waals surface area (Å²) in [5.74, 6) is -0.791. The van der Waals surface area contributed by atoms with Crippen LogP contribution in [0.5, 0.6) is 5.75 Å². The summed E-state index contributed by atoms with van der Waals surface area (Å²) in [6, 6.07) is 6.49. The number of nitrogens with zero attached hydrogens (tertiary/aromatic N) is 1. The second kappa shape index (κ2) is 7.14. The maximum atomic E-state index is 11.7. The van der Waals surface area contributed by atoms with E-state index in [0.29, 0.717) is 5.69 Å². The molecule has 20 heavy (non-hydrogen) atoms. The lowest BCUT2D eigenvalue weighted by atomic mass is 10.1. The van der Waals surface area contributed by atoms with Gasteiger partial charge < -0.3 is 14.8 Å². The molecule has 1 rings (SSSR count). The van der Waals surface area contributed by atoms with Crippen molar-refractivity contribution in [2.24, 2.45) is 0 Å². The Morgan fingerprint density at radius 1 is 1.40 bits per heavy atom. The molecule has 0 unspecified atom stereocenters. The van der Waals surface area contributed by atoms with E-state index in [4.69, 9.17) is 10.00 Å². The van der Waals surface area contributed by atoms with E-state index in [0.717, 1.165) is 0 Å². The molecule has 0 saturated carbocycles. The second-order valence-corrected chi connectivity index (χ2v) is 4.22. The van der Waals surface area contributed by atoms with Crippen LogP contribution < -0.4 is 10.1 Å². The van der Waals surface area contributed by atoms with E-state index >= 15 is 0 Å². The number of hydrogen-bond acceptors (Lipinski definition) is 5. The third-order valence-electron chi connectivity index (χ3n) is 2.29. The lowest BCUT2D eigenvalue weighted by Gasteiger charge is -2.17. The molecule has 1 aromatic rings. The molecule has 0 bridgehead atoms. The molecular weight excluding hydrogens is 260 g/mol. The predicted octanol–water partition coefficient (Wildman–Crippen LogP) is 2.11. The van der Waals surface area contributed by atoms with Crippen molar-refractivity contribution < 1.29 is 19.1 Å². The third kappa shape index (κ3) is 3.99. The third-order valence-corrected chi connectivity index (χ3v) is 2.29. The average Bonchev–Trinajstić information content (AvgIpc) is 2.39. The molecule has 0 aromatic heterocycles. The van der Waals surface area contributed by atoms with Crippen LogP contribution in [0.4, 0.5) is 5.69 Å². The molecule has 1 amide bonds. The van der Waals surface area contributed by atoms with Gasteiger partial charge in [0.1, 0.15) is 12.0 Å². The summed E-state index contributed by atoms with van der Waals surface area (Å²) < 4.78 is 10.3. The fraction of sp³-hybridized carbons (Fsp3) is 0.357. The van der Waals surface area contributed by atoms with Crippen molar-refractivity contribution in [2.75, 3.05) is 12.4 Å². The highest BCUT2D eigenvalue weighted by atomic mass is 16.5. The van der Waals surface area contributed by atoms with E-state index in [9.17, 15) is 9.59 Å². The molecule has 0 fully saturated rings. The first-order valence-corrected chi connectivity index (χ1v) is 6.04. The Kier molecular flexibility index (Phi) is 5.54. The Bertz CT molecular complexity index is 547. The molecule has 0 aliphatic carbocycles. The predicted molar refractivity (Wildman–Crippen MR) is 72.4 cm³/mol. The number of esters is 1. The number of hydrogen-bond donors (Lipinski definition) is 1. The number of amides is 1. The molecule has 0 atom stereocenters. The number of nitrogens with one attached hydrogen (secondary N) is 1. The first kappa shape index (κ1) is 15.5. The van der Waals surface area contributed by atoms with Gasteiger partial charge in [-0.3, -0.25) is 4.79 Å². The highest BCUT2D eigenvalue weighted by Crippen LogP contribution is 2.30. The van der Waals surface area contributed by atoms with E-state index in [1.807, 2.05) is 0 Å². The topological polar surface area (TPSA) is 88.4 Å². The van der Waals surface area contributed by atoms with Crippen molar-refractivity contribution >= 4 is 17.6 Å².